The number of methoxy groups -OCH3 is 2. The van der Waals surface area contributed by atoms with Crippen LogP contribution in [-0.2, 0) is 9.59 Å². The smallest absolute Gasteiger partial charge is 0.278 e. The predicted octanol–water partition coefficient (Wildman–Crippen LogP) is 4.59. The van der Waals surface area contributed by atoms with Crippen LogP contribution in [0.1, 0.15) is 33.3 Å². The highest BCUT2D eigenvalue weighted by Gasteiger charge is 2.39. The number of carbonyl (C=O) groups excluding carboxylic acids is 2. The summed E-state index contributed by atoms with van der Waals surface area (Å²) in [6, 6.07) is 12.5. The lowest BCUT2D eigenvalue weighted by molar-refractivity contribution is -0.137. The number of carbonyl (C=O) groups is 2. The summed E-state index contributed by atoms with van der Waals surface area (Å²) < 4.78 is 16.5. The lowest BCUT2D eigenvalue weighted by Gasteiger charge is -2.18. The number of rotatable bonds is 10. The largest absolute Gasteiger partial charge is 0.497 e. The molecule has 33 heavy (non-hydrogen) atoms. The highest BCUT2D eigenvalue weighted by atomic mass is 16.5. The zero-order valence-electron chi connectivity index (χ0n) is 20.1. The lowest BCUT2D eigenvalue weighted by Crippen LogP contribution is -2.35. The minimum absolute atomic E-state index is 0.140. The molecule has 0 aliphatic carbocycles. The number of anilines is 1. The van der Waals surface area contributed by atoms with E-state index >= 15 is 0 Å². The van der Waals surface area contributed by atoms with Gasteiger partial charge in [-0.25, -0.2) is 0 Å². The Morgan fingerprint density at radius 1 is 0.848 bits per heavy atom. The van der Waals surface area contributed by atoms with Crippen LogP contribution in [0.3, 0.4) is 0 Å². The molecule has 1 aliphatic heterocycles. The van der Waals surface area contributed by atoms with Gasteiger partial charge < -0.3 is 19.5 Å². The van der Waals surface area contributed by atoms with Gasteiger partial charge in [0.2, 0.25) is 0 Å². The number of nitrogens with one attached hydrogen (secondary N) is 1. The van der Waals surface area contributed by atoms with E-state index in [2.05, 4.69) is 19.2 Å². The molecule has 1 heterocycles. The van der Waals surface area contributed by atoms with Gasteiger partial charge in [-0.2, -0.15) is 0 Å². The van der Waals surface area contributed by atoms with E-state index in [0.29, 0.717) is 47.4 Å². The van der Waals surface area contributed by atoms with Crippen LogP contribution >= 0.6 is 0 Å². The lowest BCUT2D eigenvalue weighted by atomic mass is 10.0. The van der Waals surface area contributed by atoms with Gasteiger partial charge in [-0.15, -0.1) is 0 Å². The number of ether oxygens (including phenoxy) is 3. The number of amides is 2. The van der Waals surface area contributed by atoms with Gasteiger partial charge in [-0.05, 0) is 41.7 Å². The third-order valence-corrected chi connectivity index (χ3v) is 5.11. The van der Waals surface area contributed by atoms with Crippen molar-refractivity contribution in [2.24, 2.45) is 11.8 Å². The first-order valence-electron chi connectivity index (χ1n) is 11.1. The molecule has 1 N–H and O–H groups in total. The van der Waals surface area contributed by atoms with Gasteiger partial charge in [0.15, 0.2) is 0 Å². The summed E-state index contributed by atoms with van der Waals surface area (Å²) in [6.07, 6.45) is 0. The fourth-order valence-corrected chi connectivity index (χ4v) is 3.51. The molecule has 0 fully saturated rings. The Kier molecular flexibility index (Phi) is 7.63. The molecule has 7 heteroatoms. The van der Waals surface area contributed by atoms with Gasteiger partial charge in [0.05, 0.1) is 32.1 Å². The normalized spacial score (nSPS) is 13.9. The van der Waals surface area contributed by atoms with E-state index in [-0.39, 0.29) is 23.4 Å². The van der Waals surface area contributed by atoms with E-state index in [0.717, 1.165) is 5.75 Å². The second-order valence-corrected chi connectivity index (χ2v) is 8.79. The predicted molar refractivity (Wildman–Crippen MR) is 128 cm³/mol. The maximum Gasteiger partial charge on any atom is 0.278 e. The molecule has 1 aliphatic rings. The van der Waals surface area contributed by atoms with E-state index in [9.17, 15) is 9.59 Å². The van der Waals surface area contributed by atoms with Gasteiger partial charge in [0.1, 0.15) is 22.9 Å². The Morgan fingerprint density at radius 3 is 2.09 bits per heavy atom. The molecule has 2 aromatic carbocycles. The van der Waals surface area contributed by atoms with Crippen LogP contribution in [0.4, 0.5) is 5.69 Å². The van der Waals surface area contributed by atoms with Crippen molar-refractivity contribution in [2.45, 2.75) is 27.7 Å². The summed E-state index contributed by atoms with van der Waals surface area (Å²) in [5.74, 6) is 1.71. The van der Waals surface area contributed by atoms with E-state index in [1.54, 1.807) is 25.3 Å². The minimum atomic E-state index is -0.360. The minimum Gasteiger partial charge on any atom is -0.497 e. The third-order valence-electron chi connectivity index (χ3n) is 5.11. The average Bonchev–Trinajstić information content (AvgIpc) is 3.02. The summed E-state index contributed by atoms with van der Waals surface area (Å²) in [5, 5.41) is 3.15. The highest BCUT2D eigenvalue weighted by Crippen LogP contribution is 2.35. The van der Waals surface area contributed by atoms with Gasteiger partial charge in [-0.1, -0.05) is 39.8 Å². The SMILES string of the molecule is COc1ccc(NC2=C(c3ccc(OCC(C)C)cc3)C(=O)N(CC(C)C)C2=O)c(OC)c1. The molecule has 0 unspecified atom stereocenters. The molecule has 0 atom stereocenters. The van der Waals surface area contributed by atoms with Crippen molar-refractivity contribution in [2.75, 3.05) is 32.7 Å². The average molecular weight is 453 g/mol. The number of benzene rings is 2. The first-order chi connectivity index (χ1) is 15.7. The van der Waals surface area contributed by atoms with Gasteiger partial charge in [0.25, 0.3) is 11.8 Å². The molecule has 0 radical (unpaired) electrons. The molecule has 2 aromatic rings. The monoisotopic (exact) mass is 452 g/mol. The standard InChI is InChI=1S/C26H32N2O5/c1-16(2)14-28-25(29)23(18-7-9-19(10-8-18)33-15-17(3)4)24(26(28)30)27-21-12-11-20(31-5)13-22(21)32-6/h7-13,16-17,27H,14-15H2,1-6H3. The summed E-state index contributed by atoms with van der Waals surface area (Å²) in [6.45, 7) is 9.04. The van der Waals surface area contributed by atoms with Crippen LogP contribution in [0, 0.1) is 11.8 Å². The van der Waals surface area contributed by atoms with Crippen molar-refractivity contribution in [1.29, 1.82) is 0 Å². The Morgan fingerprint density at radius 2 is 1.52 bits per heavy atom. The molecule has 7 nitrogen and oxygen atoms in total. The van der Waals surface area contributed by atoms with E-state index < -0.39 is 0 Å². The molecule has 0 bridgehead atoms. The third kappa shape index (κ3) is 5.48. The van der Waals surface area contributed by atoms with Gasteiger partial charge in [0, 0.05) is 12.6 Å². The van der Waals surface area contributed by atoms with Crippen molar-refractivity contribution in [3.63, 3.8) is 0 Å². The molecule has 176 valence electrons. The number of imide groups is 1. The molecule has 0 saturated heterocycles. The first-order valence-corrected chi connectivity index (χ1v) is 11.1. The maximum absolute atomic E-state index is 13.3. The van der Waals surface area contributed by atoms with Crippen molar-refractivity contribution < 1.29 is 23.8 Å². The van der Waals surface area contributed by atoms with E-state index in [1.807, 2.05) is 38.1 Å². The van der Waals surface area contributed by atoms with Crippen LogP contribution < -0.4 is 19.5 Å². The summed E-state index contributed by atoms with van der Waals surface area (Å²) >= 11 is 0. The fourth-order valence-electron chi connectivity index (χ4n) is 3.51. The second-order valence-electron chi connectivity index (χ2n) is 8.79. The summed E-state index contributed by atoms with van der Waals surface area (Å²) in [5.41, 5.74) is 1.76. The number of hydrogen-bond acceptors (Lipinski definition) is 6. The Labute approximate surface area is 195 Å². The van der Waals surface area contributed by atoms with Gasteiger partial charge >= 0.3 is 0 Å². The van der Waals surface area contributed by atoms with E-state index in [1.165, 1.54) is 12.0 Å². The van der Waals surface area contributed by atoms with Crippen molar-refractivity contribution in [3.05, 3.63) is 53.7 Å². The Hall–Kier alpha value is -3.48. The quantitative estimate of drug-likeness (QED) is 0.532. The summed E-state index contributed by atoms with van der Waals surface area (Å²) in [7, 11) is 3.11. The van der Waals surface area contributed by atoms with Crippen LogP contribution in [-0.4, -0.2) is 44.1 Å². The number of nitrogens with zero attached hydrogens (tertiary/aromatic N) is 1. The molecule has 0 aromatic heterocycles. The van der Waals surface area contributed by atoms with Crippen molar-refractivity contribution >= 4 is 23.1 Å². The first kappa shape index (κ1) is 24.2. The molecular formula is C26H32N2O5. The van der Waals surface area contributed by atoms with Crippen LogP contribution in [0.2, 0.25) is 0 Å². The molecule has 0 spiro atoms. The topological polar surface area (TPSA) is 77.1 Å². The second kappa shape index (κ2) is 10.4. The Bertz CT molecular complexity index is 1040. The highest BCUT2D eigenvalue weighted by molar-refractivity contribution is 6.36. The molecule has 3 rings (SSSR count). The molecule has 0 saturated carbocycles. The van der Waals surface area contributed by atoms with Crippen LogP contribution in [0.5, 0.6) is 17.2 Å². The zero-order valence-corrected chi connectivity index (χ0v) is 20.1. The molecule has 2 amide bonds. The maximum atomic E-state index is 13.3. The van der Waals surface area contributed by atoms with Gasteiger partial charge in [-0.3, -0.25) is 14.5 Å². The van der Waals surface area contributed by atoms with Crippen molar-refractivity contribution in [1.82, 2.24) is 4.90 Å². The fraction of sp³-hybridized carbons (Fsp3) is 0.385. The Balaban J connectivity index is 2.01. The molecular weight excluding hydrogens is 420 g/mol. The van der Waals surface area contributed by atoms with E-state index in [4.69, 9.17) is 14.2 Å². The van der Waals surface area contributed by atoms with Crippen LogP contribution in [0.25, 0.3) is 5.57 Å². The number of hydrogen-bond donors (Lipinski definition) is 1. The van der Waals surface area contributed by atoms with Crippen molar-refractivity contribution in [3.8, 4) is 17.2 Å². The summed E-state index contributed by atoms with van der Waals surface area (Å²) in [4.78, 5) is 27.9. The zero-order chi connectivity index (χ0) is 24.1. The van der Waals surface area contributed by atoms with Crippen LogP contribution in [0.15, 0.2) is 48.2 Å².